The summed E-state index contributed by atoms with van der Waals surface area (Å²) in [5, 5.41) is 5.38. The SMILES string of the molecule is C=CC(=C)CN(CCCCCCCCCC)N(CCCCCCCCCCCC)CCCCCCCCCCCC. The Balaban J connectivity index is 4.59. The molecule has 0 spiro atoms. The molecule has 0 aromatic heterocycles. The van der Waals surface area contributed by atoms with Crippen LogP contribution in [-0.2, 0) is 0 Å². The predicted octanol–water partition coefficient (Wildman–Crippen LogP) is 13.2. The van der Waals surface area contributed by atoms with Crippen LogP contribution in [0.3, 0.4) is 0 Å². The van der Waals surface area contributed by atoms with E-state index in [-0.39, 0.29) is 0 Å². The van der Waals surface area contributed by atoms with Crippen molar-refractivity contribution < 1.29 is 0 Å². The first-order valence-electron chi connectivity index (χ1n) is 19.0. The second-order valence-electron chi connectivity index (χ2n) is 13.0. The van der Waals surface area contributed by atoms with E-state index >= 15 is 0 Å². The summed E-state index contributed by atoms with van der Waals surface area (Å²) >= 11 is 0. The summed E-state index contributed by atoms with van der Waals surface area (Å²) in [6.45, 7) is 19.8. The van der Waals surface area contributed by atoms with Crippen molar-refractivity contribution in [3.63, 3.8) is 0 Å². The molecular weight excluding hydrogens is 496 g/mol. The molecule has 0 unspecified atom stereocenters. The monoisotopic (exact) mass is 575 g/mol. The Labute approximate surface area is 261 Å². The van der Waals surface area contributed by atoms with Crippen molar-refractivity contribution in [1.29, 1.82) is 0 Å². The zero-order valence-electron chi connectivity index (χ0n) is 29.0. The number of nitrogens with zero attached hydrogens (tertiary/aromatic N) is 2. The molecule has 0 aromatic rings. The maximum absolute atomic E-state index is 4.31. The van der Waals surface area contributed by atoms with Crippen molar-refractivity contribution >= 4 is 0 Å². The summed E-state index contributed by atoms with van der Waals surface area (Å²) in [6.07, 6.45) is 41.3. The second kappa shape index (κ2) is 33.9. The average Bonchev–Trinajstić information content (AvgIpc) is 2.98. The van der Waals surface area contributed by atoms with Crippen LogP contribution in [0, 0.1) is 0 Å². The van der Waals surface area contributed by atoms with Crippen LogP contribution in [0.25, 0.3) is 0 Å². The molecule has 0 amide bonds. The zero-order valence-corrected chi connectivity index (χ0v) is 29.0. The van der Waals surface area contributed by atoms with Gasteiger partial charge in [0.15, 0.2) is 0 Å². The third-order valence-corrected chi connectivity index (χ3v) is 8.88. The molecule has 0 aliphatic carbocycles. The molecule has 0 radical (unpaired) electrons. The van der Waals surface area contributed by atoms with E-state index < -0.39 is 0 Å². The molecule has 0 saturated heterocycles. The van der Waals surface area contributed by atoms with Crippen molar-refractivity contribution in [2.75, 3.05) is 26.2 Å². The molecular formula is C39H78N2. The van der Waals surface area contributed by atoms with Gasteiger partial charge in [0.05, 0.1) is 0 Å². The molecule has 0 aliphatic rings. The summed E-state index contributed by atoms with van der Waals surface area (Å²) in [7, 11) is 0. The lowest BCUT2D eigenvalue weighted by molar-refractivity contribution is -0.0208. The van der Waals surface area contributed by atoms with Crippen LogP contribution in [0.5, 0.6) is 0 Å². The third-order valence-electron chi connectivity index (χ3n) is 8.88. The van der Waals surface area contributed by atoms with Crippen molar-refractivity contribution in [2.24, 2.45) is 0 Å². The van der Waals surface area contributed by atoms with Crippen LogP contribution in [-0.4, -0.2) is 36.2 Å². The van der Waals surface area contributed by atoms with Crippen LogP contribution in [0.1, 0.15) is 201 Å². The highest BCUT2D eigenvalue weighted by atomic mass is 15.6. The van der Waals surface area contributed by atoms with E-state index in [4.69, 9.17) is 0 Å². The fourth-order valence-electron chi connectivity index (χ4n) is 6.01. The molecule has 41 heavy (non-hydrogen) atoms. The lowest BCUT2D eigenvalue weighted by Gasteiger charge is -2.36. The second-order valence-corrected chi connectivity index (χ2v) is 13.0. The van der Waals surface area contributed by atoms with Crippen molar-refractivity contribution in [3.8, 4) is 0 Å². The van der Waals surface area contributed by atoms with Gasteiger partial charge in [-0.1, -0.05) is 201 Å². The molecule has 2 heteroatoms. The molecule has 0 aromatic carbocycles. The lowest BCUT2D eigenvalue weighted by atomic mass is 10.1. The molecule has 0 bridgehead atoms. The van der Waals surface area contributed by atoms with Crippen LogP contribution in [0.15, 0.2) is 24.8 Å². The number of rotatable bonds is 35. The minimum absolute atomic E-state index is 0.954. The smallest absolute Gasteiger partial charge is 0.0378 e. The van der Waals surface area contributed by atoms with Crippen LogP contribution in [0.2, 0.25) is 0 Å². The minimum Gasteiger partial charge on any atom is -0.241 e. The fraction of sp³-hybridized carbons (Fsp3) is 0.897. The molecule has 0 aliphatic heterocycles. The van der Waals surface area contributed by atoms with Crippen molar-refractivity contribution in [3.05, 3.63) is 24.8 Å². The average molecular weight is 575 g/mol. The number of unbranched alkanes of at least 4 members (excludes halogenated alkanes) is 25. The first-order chi connectivity index (χ1) is 20.2. The summed E-state index contributed by atoms with van der Waals surface area (Å²) in [5.41, 5.74) is 1.17. The van der Waals surface area contributed by atoms with E-state index in [1.54, 1.807) is 0 Å². The van der Waals surface area contributed by atoms with E-state index in [2.05, 4.69) is 43.9 Å². The maximum atomic E-state index is 4.31. The van der Waals surface area contributed by atoms with Gasteiger partial charge in [0, 0.05) is 26.2 Å². The maximum Gasteiger partial charge on any atom is 0.0378 e. The van der Waals surface area contributed by atoms with Crippen molar-refractivity contribution in [2.45, 2.75) is 201 Å². The standard InChI is InChI=1S/C39H78N2/c1-6-10-13-16-19-22-24-27-29-32-35-40(36-33-30-28-25-23-20-17-14-11-7-2)41(38-39(5)9-4)37-34-31-26-21-18-15-12-8-3/h9H,4-8,10-38H2,1-3H3. The molecule has 0 fully saturated rings. The zero-order chi connectivity index (χ0) is 30.1. The molecule has 244 valence electrons. The van der Waals surface area contributed by atoms with Gasteiger partial charge in [-0.2, -0.15) is 0 Å². The Hall–Kier alpha value is -0.600. The molecule has 0 heterocycles. The highest BCUT2D eigenvalue weighted by Gasteiger charge is 2.15. The van der Waals surface area contributed by atoms with E-state index in [1.165, 1.54) is 205 Å². The van der Waals surface area contributed by atoms with Gasteiger partial charge in [-0.15, -0.1) is 0 Å². The first kappa shape index (κ1) is 40.4. The highest BCUT2D eigenvalue weighted by Crippen LogP contribution is 2.16. The van der Waals surface area contributed by atoms with Gasteiger partial charge >= 0.3 is 0 Å². The molecule has 0 atom stereocenters. The highest BCUT2D eigenvalue weighted by molar-refractivity contribution is 5.12. The topological polar surface area (TPSA) is 6.48 Å². The normalized spacial score (nSPS) is 11.6. The lowest BCUT2D eigenvalue weighted by Crippen LogP contribution is -2.45. The number of hydrazine groups is 1. The number of hydrogen-bond acceptors (Lipinski definition) is 2. The fourth-order valence-corrected chi connectivity index (χ4v) is 6.01. The first-order valence-corrected chi connectivity index (χ1v) is 19.0. The molecule has 0 N–H and O–H groups in total. The number of hydrogen-bond donors (Lipinski definition) is 0. The van der Waals surface area contributed by atoms with Gasteiger partial charge in [-0.25, -0.2) is 10.0 Å². The van der Waals surface area contributed by atoms with E-state index in [0.29, 0.717) is 0 Å². The van der Waals surface area contributed by atoms with Crippen LogP contribution < -0.4 is 0 Å². The Morgan fingerprint density at radius 2 is 0.634 bits per heavy atom. The summed E-state index contributed by atoms with van der Waals surface area (Å²) < 4.78 is 0. The predicted molar refractivity (Wildman–Crippen MR) is 189 cm³/mol. The summed E-state index contributed by atoms with van der Waals surface area (Å²) in [5.74, 6) is 0. The van der Waals surface area contributed by atoms with Gasteiger partial charge < -0.3 is 0 Å². The van der Waals surface area contributed by atoms with Crippen molar-refractivity contribution in [1.82, 2.24) is 10.0 Å². The summed E-state index contributed by atoms with van der Waals surface area (Å²) in [6, 6.07) is 0. The van der Waals surface area contributed by atoms with Crippen LogP contribution in [0.4, 0.5) is 0 Å². The van der Waals surface area contributed by atoms with E-state index in [1.807, 2.05) is 6.08 Å². The van der Waals surface area contributed by atoms with Gasteiger partial charge in [0.1, 0.15) is 0 Å². The van der Waals surface area contributed by atoms with Gasteiger partial charge in [-0.05, 0) is 24.8 Å². The van der Waals surface area contributed by atoms with E-state index in [9.17, 15) is 0 Å². The summed E-state index contributed by atoms with van der Waals surface area (Å²) in [4.78, 5) is 0. The van der Waals surface area contributed by atoms with Crippen LogP contribution >= 0.6 is 0 Å². The Kier molecular flexibility index (Phi) is 33.4. The van der Waals surface area contributed by atoms with E-state index in [0.717, 1.165) is 6.54 Å². The quantitative estimate of drug-likeness (QED) is 0.0422. The van der Waals surface area contributed by atoms with Gasteiger partial charge in [0.25, 0.3) is 0 Å². The molecule has 2 nitrogen and oxygen atoms in total. The Morgan fingerprint density at radius 3 is 0.902 bits per heavy atom. The minimum atomic E-state index is 0.954. The Bertz CT molecular complexity index is 504. The Morgan fingerprint density at radius 1 is 0.390 bits per heavy atom. The molecule has 0 saturated carbocycles. The molecule has 0 rings (SSSR count). The largest absolute Gasteiger partial charge is 0.241 e. The van der Waals surface area contributed by atoms with Gasteiger partial charge in [0.2, 0.25) is 0 Å². The van der Waals surface area contributed by atoms with Gasteiger partial charge in [-0.3, -0.25) is 0 Å². The third kappa shape index (κ3) is 29.3.